The van der Waals surface area contributed by atoms with Crippen LogP contribution < -0.4 is 4.74 Å². The van der Waals surface area contributed by atoms with Crippen LogP contribution in [0, 0.1) is 12.7 Å². The maximum absolute atomic E-state index is 12.5. The lowest BCUT2D eigenvalue weighted by Gasteiger charge is -1.99. The van der Waals surface area contributed by atoms with Crippen LogP contribution in [0.1, 0.15) is 66.4 Å². The molecule has 0 bridgehead atoms. The van der Waals surface area contributed by atoms with E-state index in [0.717, 1.165) is 5.56 Å². The lowest BCUT2D eigenvalue weighted by atomic mass is 10.2. The summed E-state index contributed by atoms with van der Waals surface area (Å²) in [7, 11) is 1.52. The van der Waals surface area contributed by atoms with Gasteiger partial charge in [-0.25, -0.2) is 4.39 Å². The Bertz CT molecular complexity index is 250. The molecule has 2 heteroatoms. The first-order valence-electron chi connectivity index (χ1n) is 7.45. The highest BCUT2D eigenvalue weighted by atomic mass is 19.1. The molecule has 114 valence electrons. The van der Waals surface area contributed by atoms with Crippen molar-refractivity contribution in [3.63, 3.8) is 0 Å². The summed E-state index contributed by atoms with van der Waals surface area (Å²) in [6.45, 7) is 14.2. The first kappa shape index (κ1) is 23.1. The van der Waals surface area contributed by atoms with E-state index in [2.05, 4.69) is 13.8 Å². The maximum Gasteiger partial charge on any atom is 0.127 e. The molecular formula is C17H33FO. The molecular weight excluding hydrogens is 239 g/mol. The van der Waals surface area contributed by atoms with Gasteiger partial charge in [0.25, 0.3) is 0 Å². The number of ether oxygens (including phenoxy) is 1. The van der Waals surface area contributed by atoms with Gasteiger partial charge in [0.1, 0.15) is 11.6 Å². The molecule has 0 aliphatic rings. The average molecular weight is 272 g/mol. The summed E-state index contributed by atoms with van der Waals surface area (Å²) in [5.41, 5.74) is 0.872. The fourth-order valence-corrected chi connectivity index (χ4v) is 1.17. The van der Waals surface area contributed by atoms with Crippen molar-refractivity contribution >= 4 is 0 Å². The molecule has 0 atom stereocenters. The van der Waals surface area contributed by atoms with Crippen molar-refractivity contribution in [2.24, 2.45) is 0 Å². The maximum atomic E-state index is 12.5. The summed E-state index contributed by atoms with van der Waals surface area (Å²) in [5, 5.41) is 0. The molecule has 0 saturated carbocycles. The standard InChI is InChI=1S/C8H9FO.C5H12.2C2H6/c1-6-3-7(9)5-8(4-6)10-2;1-3-5-4-2;2*1-2/h3-5H,1-2H3;3-5H2,1-2H3;2*1-2H3. The highest BCUT2D eigenvalue weighted by molar-refractivity contribution is 5.28. The van der Waals surface area contributed by atoms with E-state index < -0.39 is 0 Å². The Kier molecular flexibility index (Phi) is 23.4. The number of rotatable bonds is 3. The lowest BCUT2D eigenvalue weighted by Crippen LogP contribution is -1.85. The molecule has 0 radical (unpaired) electrons. The second kappa shape index (κ2) is 19.3. The quantitative estimate of drug-likeness (QED) is 0.619. The van der Waals surface area contributed by atoms with Crippen LogP contribution in [0.15, 0.2) is 18.2 Å². The molecule has 0 aromatic heterocycles. The Morgan fingerprint density at radius 1 is 0.947 bits per heavy atom. The number of hydrogen-bond acceptors (Lipinski definition) is 1. The molecule has 1 nitrogen and oxygen atoms in total. The number of benzene rings is 1. The van der Waals surface area contributed by atoms with Crippen molar-refractivity contribution in [1.29, 1.82) is 0 Å². The van der Waals surface area contributed by atoms with Crippen molar-refractivity contribution in [3.05, 3.63) is 29.6 Å². The van der Waals surface area contributed by atoms with Crippen LogP contribution in [0.3, 0.4) is 0 Å². The van der Waals surface area contributed by atoms with E-state index in [4.69, 9.17) is 4.74 Å². The van der Waals surface area contributed by atoms with Crippen molar-refractivity contribution < 1.29 is 9.13 Å². The zero-order valence-electron chi connectivity index (χ0n) is 14.1. The number of methoxy groups -OCH3 is 1. The molecule has 0 aliphatic carbocycles. The van der Waals surface area contributed by atoms with Crippen LogP contribution in [0.2, 0.25) is 0 Å². The molecule has 0 fully saturated rings. The molecule has 0 spiro atoms. The lowest BCUT2D eigenvalue weighted by molar-refractivity contribution is 0.411. The van der Waals surface area contributed by atoms with Gasteiger partial charge < -0.3 is 4.74 Å². The third kappa shape index (κ3) is 16.9. The van der Waals surface area contributed by atoms with Crippen LogP contribution >= 0.6 is 0 Å². The minimum Gasteiger partial charge on any atom is -0.497 e. The summed E-state index contributed by atoms with van der Waals surface area (Å²) in [6, 6.07) is 4.60. The predicted molar refractivity (Wildman–Crippen MR) is 85.6 cm³/mol. The summed E-state index contributed by atoms with van der Waals surface area (Å²) in [5.74, 6) is 0.314. The van der Waals surface area contributed by atoms with Crippen molar-refractivity contribution in [2.75, 3.05) is 7.11 Å². The topological polar surface area (TPSA) is 9.23 Å². The van der Waals surface area contributed by atoms with Gasteiger partial charge >= 0.3 is 0 Å². The van der Waals surface area contributed by atoms with E-state index >= 15 is 0 Å². The summed E-state index contributed by atoms with van der Waals surface area (Å²) < 4.78 is 17.4. The predicted octanol–water partition coefficient (Wildman–Crippen LogP) is 6.39. The van der Waals surface area contributed by atoms with Crippen LogP contribution in [0.5, 0.6) is 5.75 Å². The van der Waals surface area contributed by atoms with Crippen molar-refractivity contribution in [3.8, 4) is 5.75 Å². The molecule has 0 heterocycles. The van der Waals surface area contributed by atoms with E-state index in [1.165, 1.54) is 38.5 Å². The smallest absolute Gasteiger partial charge is 0.127 e. The van der Waals surface area contributed by atoms with Gasteiger partial charge in [-0.1, -0.05) is 60.8 Å². The van der Waals surface area contributed by atoms with Gasteiger partial charge in [-0.2, -0.15) is 0 Å². The molecule has 0 unspecified atom stereocenters. The van der Waals surface area contributed by atoms with Gasteiger partial charge in [0, 0.05) is 6.07 Å². The van der Waals surface area contributed by atoms with Crippen LogP contribution in [-0.2, 0) is 0 Å². The monoisotopic (exact) mass is 272 g/mol. The van der Waals surface area contributed by atoms with Gasteiger partial charge in [-0.15, -0.1) is 0 Å². The first-order chi connectivity index (χ1) is 9.13. The summed E-state index contributed by atoms with van der Waals surface area (Å²) >= 11 is 0. The minimum absolute atomic E-state index is 0.253. The summed E-state index contributed by atoms with van der Waals surface area (Å²) in [4.78, 5) is 0. The molecule has 0 amide bonds. The second-order valence-corrected chi connectivity index (χ2v) is 3.52. The zero-order chi connectivity index (χ0) is 15.7. The molecule has 0 N–H and O–H groups in total. The Balaban J connectivity index is -0.000000242. The Morgan fingerprint density at radius 3 is 1.68 bits per heavy atom. The van der Waals surface area contributed by atoms with Crippen LogP contribution in [-0.4, -0.2) is 7.11 Å². The van der Waals surface area contributed by atoms with Crippen LogP contribution in [0.25, 0.3) is 0 Å². The van der Waals surface area contributed by atoms with E-state index in [0.29, 0.717) is 5.75 Å². The Labute approximate surface area is 120 Å². The average Bonchev–Trinajstić information content (AvgIpc) is 2.44. The number of aryl methyl sites for hydroxylation is 1. The molecule has 0 saturated heterocycles. The van der Waals surface area contributed by atoms with Crippen molar-refractivity contribution in [2.45, 2.75) is 67.7 Å². The van der Waals surface area contributed by atoms with E-state index in [1.54, 1.807) is 6.07 Å². The fourth-order valence-electron chi connectivity index (χ4n) is 1.17. The first-order valence-corrected chi connectivity index (χ1v) is 7.45. The molecule has 1 aromatic carbocycles. The molecule has 1 aromatic rings. The van der Waals surface area contributed by atoms with E-state index in [-0.39, 0.29) is 5.82 Å². The molecule has 1 rings (SSSR count). The number of unbranched alkanes of at least 4 members (excludes halogenated alkanes) is 2. The minimum atomic E-state index is -0.253. The fraction of sp³-hybridized carbons (Fsp3) is 0.647. The third-order valence-electron chi connectivity index (χ3n) is 1.96. The normalized spacial score (nSPS) is 7.84. The van der Waals surface area contributed by atoms with E-state index in [1.807, 2.05) is 34.6 Å². The number of hydrogen-bond donors (Lipinski definition) is 0. The van der Waals surface area contributed by atoms with Crippen molar-refractivity contribution in [1.82, 2.24) is 0 Å². The Hall–Kier alpha value is -1.05. The highest BCUT2D eigenvalue weighted by Gasteiger charge is 1.95. The summed E-state index contributed by atoms with van der Waals surface area (Å²) in [6.07, 6.45) is 4.08. The SMILES string of the molecule is CC.CC.CCCCC.COc1cc(C)cc(F)c1. The van der Waals surface area contributed by atoms with Gasteiger partial charge in [-0.05, 0) is 24.6 Å². The third-order valence-corrected chi connectivity index (χ3v) is 1.96. The van der Waals surface area contributed by atoms with E-state index in [9.17, 15) is 4.39 Å². The Morgan fingerprint density at radius 2 is 1.42 bits per heavy atom. The molecule has 19 heavy (non-hydrogen) atoms. The van der Waals surface area contributed by atoms with Gasteiger partial charge in [0.05, 0.1) is 7.11 Å². The van der Waals surface area contributed by atoms with Gasteiger partial charge in [0.2, 0.25) is 0 Å². The number of halogens is 1. The largest absolute Gasteiger partial charge is 0.497 e. The zero-order valence-corrected chi connectivity index (χ0v) is 14.1. The van der Waals surface area contributed by atoms with Crippen LogP contribution in [0.4, 0.5) is 4.39 Å². The second-order valence-electron chi connectivity index (χ2n) is 3.52. The van der Waals surface area contributed by atoms with Gasteiger partial charge in [0.15, 0.2) is 0 Å². The highest BCUT2D eigenvalue weighted by Crippen LogP contribution is 2.14. The van der Waals surface area contributed by atoms with Gasteiger partial charge in [-0.3, -0.25) is 0 Å². The molecule has 0 aliphatic heterocycles.